The van der Waals surface area contributed by atoms with Crippen molar-refractivity contribution in [2.24, 2.45) is 0 Å². The van der Waals surface area contributed by atoms with Crippen LogP contribution in [-0.2, 0) is 0 Å². The molecule has 22 heavy (non-hydrogen) atoms. The van der Waals surface area contributed by atoms with E-state index in [0.29, 0.717) is 19.6 Å². The van der Waals surface area contributed by atoms with Gasteiger partial charge in [-0.2, -0.15) is 5.16 Å². The largest absolute Gasteiger partial charge is 0.389 e. The Morgan fingerprint density at radius 2 is 2.09 bits per heavy atom. The number of nitrogens with one attached hydrogen (secondary N) is 1. The summed E-state index contributed by atoms with van der Waals surface area (Å²) in [6, 6.07) is 4.82. The summed E-state index contributed by atoms with van der Waals surface area (Å²) in [5.74, 6) is -0.455. The van der Waals surface area contributed by atoms with Gasteiger partial charge < -0.3 is 19.4 Å². The van der Waals surface area contributed by atoms with Gasteiger partial charge in [-0.1, -0.05) is 0 Å². The molecule has 8 heteroatoms. The van der Waals surface area contributed by atoms with Crippen LogP contribution in [0.1, 0.15) is 10.6 Å². The number of hydrogen-bond acceptors (Lipinski definition) is 6. The fourth-order valence-corrected chi connectivity index (χ4v) is 2.51. The maximum absolute atomic E-state index is 12.3. The molecule has 1 aliphatic rings. The van der Waals surface area contributed by atoms with E-state index >= 15 is 0 Å². The fourth-order valence-electron chi connectivity index (χ4n) is 2.51. The van der Waals surface area contributed by atoms with E-state index < -0.39 is 17.6 Å². The van der Waals surface area contributed by atoms with E-state index in [-0.39, 0.29) is 12.3 Å². The fraction of sp³-hybridized carbons (Fsp3) is 0.357. The number of carbonyl (C=O) groups is 1. The number of aliphatic hydroxyl groups is 1. The number of carbonyl (C=O) groups excluding carboxylic acids is 1. The first-order chi connectivity index (χ1) is 10.6. The maximum atomic E-state index is 12.3. The number of aromatic nitrogens is 2. The highest BCUT2D eigenvalue weighted by Gasteiger charge is 2.27. The van der Waals surface area contributed by atoms with E-state index in [0.717, 1.165) is 11.8 Å². The monoisotopic (exact) mass is 304 g/mol. The Labute approximate surface area is 125 Å². The number of aliphatic hydroxyl groups excluding tert-OH is 1. The summed E-state index contributed by atoms with van der Waals surface area (Å²) in [7, 11) is 0. The number of H-pyrrole nitrogens is 1. The lowest BCUT2D eigenvalue weighted by Crippen LogP contribution is -2.37. The molecule has 1 fully saturated rings. The minimum atomic E-state index is -0.690. The topological polar surface area (TPSA) is 103 Å². The Morgan fingerprint density at radius 1 is 1.32 bits per heavy atom. The molecule has 0 aliphatic carbocycles. The number of hydrogen-bond donors (Lipinski definition) is 2. The summed E-state index contributed by atoms with van der Waals surface area (Å²) in [5, 5.41) is 12.2. The first-order valence-electron chi connectivity index (χ1n) is 6.94. The normalized spacial score (nSPS) is 19.0. The summed E-state index contributed by atoms with van der Waals surface area (Å²) >= 11 is 0. The Kier molecular flexibility index (Phi) is 3.92. The van der Waals surface area contributed by atoms with Crippen LogP contribution < -0.4 is 10.5 Å². The van der Waals surface area contributed by atoms with Crippen molar-refractivity contribution in [1.82, 2.24) is 15.0 Å². The van der Waals surface area contributed by atoms with E-state index in [9.17, 15) is 14.7 Å². The molecule has 8 nitrogen and oxygen atoms in total. The van der Waals surface area contributed by atoms with Crippen LogP contribution in [0.3, 0.4) is 0 Å². The SMILES string of the molecule is O=C(c1cc(=O)[nH]o1)N1CCN(c2ccncc2)C[C@H](O)C1. The minimum Gasteiger partial charge on any atom is -0.389 e. The van der Waals surface area contributed by atoms with E-state index in [2.05, 4.69) is 10.1 Å². The zero-order valence-corrected chi connectivity index (χ0v) is 11.8. The Hall–Kier alpha value is -2.61. The maximum Gasteiger partial charge on any atom is 0.292 e. The number of anilines is 1. The Bertz CT molecular complexity index is 696. The van der Waals surface area contributed by atoms with Crippen molar-refractivity contribution >= 4 is 11.6 Å². The lowest BCUT2D eigenvalue weighted by atomic mass is 10.3. The number of aromatic amines is 1. The third-order valence-electron chi connectivity index (χ3n) is 3.55. The summed E-state index contributed by atoms with van der Waals surface area (Å²) in [6.45, 7) is 1.61. The molecule has 1 saturated heterocycles. The highest BCUT2D eigenvalue weighted by atomic mass is 16.5. The summed E-state index contributed by atoms with van der Waals surface area (Å²) in [5.41, 5.74) is 0.480. The van der Waals surface area contributed by atoms with Crippen molar-refractivity contribution < 1.29 is 14.4 Å². The molecule has 116 valence electrons. The molecule has 3 rings (SSSR count). The minimum absolute atomic E-state index is 0.0467. The quantitative estimate of drug-likeness (QED) is 0.789. The molecule has 2 aromatic rings. The zero-order valence-electron chi connectivity index (χ0n) is 11.8. The summed E-state index contributed by atoms with van der Waals surface area (Å²) < 4.78 is 4.83. The van der Waals surface area contributed by atoms with Gasteiger partial charge >= 0.3 is 0 Å². The van der Waals surface area contributed by atoms with Gasteiger partial charge in [0.2, 0.25) is 5.76 Å². The number of amides is 1. The molecule has 0 bridgehead atoms. The Morgan fingerprint density at radius 3 is 2.77 bits per heavy atom. The van der Waals surface area contributed by atoms with Gasteiger partial charge in [-0.3, -0.25) is 14.6 Å². The second kappa shape index (κ2) is 6.02. The lowest BCUT2D eigenvalue weighted by Gasteiger charge is -2.23. The van der Waals surface area contributed by atoms with E-state index in [1.54, 1.807) is 12.4 Å². The Balaban J connectivity index is 1.74. The second-order valence-electron chi connectivity index (χ2n) is 5.13. The van der Waals surface area contributed by atoms with Gasteiger partial charge in [-0.15, -0.1) is 0 Å². The lowest BCUT2D eigenvalue weighted by molar-refractivity contribution is 0.0634. The van der Waals surface area contributed by atoms with Crippen LogP contribution in [0.2, 0.25) is 0 Å². The molecule has 0 radical (unpaired) electrons. The predicted molar refractivity (Wildman–Crippen MR) is 77.7 cm³/mol. The summed E-state index contributed by atoms with van der Waals surface area (Å²) in [4.78, 5) is 30.8. The number of β-amino-alcohol motifs (C(OH)–C–C–N with tert-alkyl or cyclic N) is 1. The van der Waals surface area contributed by atoms with Crippen molar-refractivity contribution in [3.63, 3.8) is 0 Å². The second-order valence-corrected chi connectivity index (χ2v) is 5.13. The highest BCUT2D eigenvalue weighted by molar-refractivity contribution is 5.91. The van der Waals surface area contributed by atoms with Gasteiger partial charge in [-0.25, -0.2) is 0 Å². The zero-order chi connectivity index (χ0) is 15.5. The molecule has 1 aliphatic heterocycles. The van der Waals surface area contributed by atoms with E-state index in [1.165, 1.54) is 4.90 Å². The first kappa shape index (κ1) is 14.3. The molecule has 0 saturated carbocycles. The van der Waals surface area contributed by atoms with Crippen molar-refractivity contribution in [2.75, 3.05) is 31.1 Å². The average Bonchev–Trinajstić information content (AvgIpc) is 2.86. The summed E-state index contributed by atoms with van der Waals surface area (Å²) in [6.07, 6.45) is 2.68. The molecule has 0 aromatic carbocycles. The van der Waals surface area contributed by atoms with Crippen LogP contribution in [0.15, 0.2) is 39.9 Å². The molecule has 0 unspecified atom stereocenters. The van der Waals surface area contributed by atoms with Gasteiger partial charge in [0.1, 0.15) is 0 Å². The highest BCUT2D eigenvalue weighted by Crippen LogP contribution is 2.16. The van der Waals surface area contributed by atoms with E-state index in [1.807, 2.05) is 17.0 Å². The van der Waals surface area contributed by atoms with Crippen LogP contribution in [0, 0.1) is 0 Å². The van der Waals surface area contributed by atoms with Crippen molar-refractivity contribution in [3.8, 4) is 0 Å². The predicted octanol–water partition coefficient (Wildman–Crippen LogP) is -0.314. The molecular weight excluding hydrogens is 288 g/mol. The average molecular weight is 304 g/mol. The van der Waals surface area contributed by atoms with E-state index in [4.69, 9.17) is 4.52 Å². The molecule has 2 aromatic heterocycles. The molecule has 1 amide bonds. The molecule has 2 N–H and O–H groups in total. The molecule has 0 spiro atoms. The number of pyridine rings is 1. The van der Waals surface area contributed by atoms with Crippen LogP contribution >= 0.6 is 0 Å². The third-order valence-corrected chi connectivity index (χ3v) is 3.55. The molecule has 1 atom stereocenters. The standard InChI is InChI=1S/C14H16N4O4/c19-11-8-17(10-1-3-15-4-2-10)5-6-18(9-11)14(21)12-7-13(20)16-22-12/h1-4,7,11,19H,5-6,8-9H2,(H,16,20)/t11-/m0/s1. The third kappa shape index (κ3) is 3.01. The van der Waals surface area contributed by atoms with Crippen LogP contribution in [0.4, 0.5) is 5.69 Å². The van der Waals surface area contributed by atoms with Gasteiger partial charge in [-0.05, 0) is 12.1 Å². The number of rotatable bonds is 2. The van der Waals surface area contributed by atoms with Gasteiger partial charge in [0.25, 0.3) is 11.5 Å². The van der Waals surface area contributed by atoms with Gasteiger partial charge in [0.05, 0.1) is 12.2 Å². The van der Waals surface area contributed by atoms with Crippen LogP contribution in [-0.4, -0.2) is 58.3 Å². The van der Waals surface area contributed by atoms with Crippen molar-refractivity contribution in [1.29, 1.82) is 0 Å². The van der Waals surface area contributed by atoms with Gasteiger partial charge in [0, 0.05) is 44.3 Å². The van der Waals surface area contributed by atoms with Crippen LogP contribution in [0.5, 0.6) is 0 Å². The van der Waals surface area contributed by atoms with Crippen LogP contribution in [0.25, 0.3) is 0 Å². The first-order valence-corrected chi connectivity index (χ1v) is 6.94. The molecular formula is C14H16N4O4. The smallest absolute Gasteiger partial charge is 0.292 e. The van der Waals surface area contributed by atoms with Gasteiger partial charge in [0.15, 0.2) is 0 Å². The molecule has 3 heterocycles. The van der Waals surface area contributed by atoms with Crippen molar-refractivity contribution in [2.45, 2.75) is 6.10 Å². The van der Waals surface area contributed by atoms with Crippen molar-refractivity contribution in [3.05, 3.63) is 46.7 Å². The number of nitrogens with zero attached hydrogens (tertiary/aromatic N) is 3.